The minimum absolute atomic E-state index is 0.323. The Labute approximate surface area is 121 Å². The van der Waals surface area contributed by atoms with Crippen LogP contribution in [0.1, 0.15) is 15.9 Å². The van der Waals surface area contributed by atoms with Crippen LogP contribution in [-0.4, -0.2) is 10.9 Å². The molecule has 0 aromatic heterocycles. The fraction of sp³-hybridized carbons (Fsp3) is 0.0714. The van der Waals surface area contributed by atoms with E-state index in [9.17, 15) is 4.79 Å². The van der Waals surface area contributed by atoms with Gasteiger partial charge in [-0.3, -0.25) is 9.80 Å². The summed E-state index contributed by atoms with van der Waals surface area (Å²) in [5, 5.41) is 1.95. The van der Waals surface area contributed by atoms with Crippen molar-refractivity contribution < 1.29 is 4.79 Å². The number of hydrazine groups is 1. The van der Waals surface area contributed by atoms with Crippen molar-refractivity contribution in [1.82, 2.24) is 5.01 Å². The van der Waals surface area contributed by atoms with E-state index in [1.807, 2.05) is 30.3 Å². The van der Waals surface area contributed by atoms with E-state index in [0.29, 0.717) is 22.2 Å². The first-order valence-electron chi connectivity index (χ1n) is 5.63. The van der Waals surface area contributed by atoms with E-state index in [-0.39, 0.29) is 5.91 Å². The summed E-state index contributed by atoms with van der Waals surface area (Å²) >= 11 is 11.7. The van der Waals surface area contributed by atoms with Gasteiger partial charge in [0.25, 0.3) is 5.91 Å². The standard InChI is InChI=1S/C14H12Cl2N2O/c15-12-6-11(7-13(16)8-12)14(19)18(17)9-10-4-2-1-3-5-10/h1-8H,9,17H2. The molecule has 0 bridgehead atoms. The van der Waals surface area contributed by atoms with Crippen LogP contribution in [0, 0.1) is 0 Å². The highest BCUT2D eigenvalue weighted by molar-refractivity contribution is 6.35. The third-order valence-corrected chi connectivity index (χ3v) is 3.00. The number of amides is 1. The summed E-state index contributed by atoms with van der Waals surface area (Å²) in [7, 11) is 0. The van der Waals surface area contributed by atoms with Crippen molar-refractivity contribution in [2.75, 3.05) is 0 Å². The fourth-order valence-electron chi connectivity index (χ4n) is 1.70. The zero-order chi connectivity index (χ0) is 13.8. The van der Waals surface area contributed by atoms with Crippen LogP contribution in [0.2, 0.25) is 10.0 Å². The SMILES string of the molecule is NN(Cc1ccccc1)C(=O)c1cc(Cl)cc(Cl)c1. The topological polar surface area (TPSA) is 46.3 Å². The highest BCUT2D eigenvalue weighted by Gasteiger charge is 2.14. The molecule has 0 aliphatic heterocycles. The van der Waals surface area contributed by atoms with E-state index in [4.69, 9.17) is 29.0 Å². The molecule has 0 atom stereocenters. The Hall–Kier alpha value is -1.55. The van der Waals surface area contributed by atoms with Gasteiger partial charge >= 0.3 is 0 Å². The molecule has 0 radical (unpaired) electrons. The van der Waals surface area contributed by atoms with E-state index in [0.717, 1.165) is 10.6 Å². The number of hydrogen-bond donors (Lipinski definition) is 1. The third-order valence-electron chi connectivity index (χ3n) is 2.57. The number of carbonyl (C=O) groups excluding carboxylic acids is 1. The molecular formula is C14H12Cl2N2O. The average Bonchev–Trinajstić information content (AvgIpc) is 2.37. The van der Waals surface area contributed by atoms with Crippen LogP contribution in [0.25, 0.3) is 0 Å². The van der Waals surface area contributed by atoms with Gasteiger partial charge in [0.1, 0.15) is 0 Å². The first-order chi connectivity index (χ1) is 9.06. The Morgan fingerprint density at radius 3 is 2.21 bits per heavy atom. The molecule has 5 heteroatoms. The molecule has 2 aromatic carbocycles. The lowest BCUT2D eigenvalue weighted by molar-refractivity contribution is 0.0743. The van der Waals surface area contributed by atoms with Gasteiger partial charge in [-0.1, -0.05) is 53.5 Å². The van der Waals surface area contributed by atoms with Crippen LogP contribution in [-0.2, 0) is 6.54 Å². The van der Waals surface area contributed by atoms with Crippen molar-refractivity contribution in [1.29, 1.82) is 0 Å². The number of rotatable bonds is 3. The number of nitrogens with zero attached hydrogens (tertiary/aromatic N) is 1. The third kappa shape index (κ3) is 3.70. The summed E-state index contributed by atoms with van der Waals surface area (Å²) in [6, 6.07) is 14.1. The van der Waals surface area contributed by atoms with Gasteiger partial charge in [0, 0.05) is 15.6 Å². The Kier molecular flexibility index (Phi) is 4.43. The second kappa shape index (κ2) is 6.06. The number of hydrogen-bond acceptors (Lipinski definition) is 2. The predicted octanol–water partition coefficient (Wildman–Crippen LogP) is 3.51. The van der Waals surface area contributed by atoms with E-state index in [2.05, 4.69) is 0 Å². The Bertz CT molecular complexity index is 567. The molecule has 19 heavy (non-hydrogen) atoms. The zero-order valence-corrected chi connectivity index (χ0v) is 11.5. The molecule has 0 saturated carbocycles. The monoisotopic (exact) mass is 294 g/mol. The van der Waals surface area contributed by atoms with Crippen molar-refractivity contribution in [3.8, 4) is 0 Å². The van der Waals surface area contributed by atoms with Gasteiger partial charge in [0.2, 0.25) is 0 Å². The van der Waals surface area contributed by atoms with E-state index >= 15 is 0 Å². The minimum Gasteiger partial charge on any atom is -0.272 e. The lowest BCUT2D eigenvalue weighted by Crippen LogP contribution is -2.36. The molecule has 1 amide bonds. The highest BCUT2D eigenvalue weighted by Crippen LogP contribution is 2.20. The second-order valence-corrected chi connectivity index (χ2v) is 4.95. The number of nitrogens with two attached hydrogens (primary N) is 1. The zero-order valence-electron chi connectivity index (χ0n) is 10.0. The first-order valence-corrected chi connectivity index (χ1v) is 6.38. The smallest absolute Gasteiger partial charge is 0.268 e. The number of carbonyl (C=O) groups is 1. The minimum atomic E-state index is -0.326. The maximum absolute atomic E-state index is 12.1. The van der Waals surface area contributed by atoms with Crippen LogP contribution >= 0.6 is 23.2 Å². The Morgan fingerprint density at radius 1 is 1.05 bits per heavy atom. The van der Waals surface area contributed by atoms with E-state index in [1.54, 1.807) is 18.2 Å². The predicted molar refractivity (Wildman–Crippen MR) is 77.0 cm³/mol. The average molecular weight is 295 g/mol. The van der Waals surface area contributed by atoms with Crippen LogP contribution < -0.4 is 5.84 Å². The maximum atomic E-state index is 12.1. The molecule has 2 aromatic rings. The summed E-state index contributed by atoms with van der Waals surface area (Å²) in [6.07, 6.45) is 0. The summed E-state index contributed by atoms with van der Waals surface area (Å²) in [5.41, 5.74) is 1.32. The van der Waals surface area contributed by atoms with Crippen LogP contribution in [0.4, 0.5) is 0 Å². The Morgan fingerprint density at radius 2 is 1.63 bits per heavy atom. The summed E-state index contributed by atoms with van der Waals surface area (Å²) in [5.74, 6) is 5.45. The lowest BCUT2D eigenvalue weighted by Gasteiger charge is -2.17. The molecule has 0 unspecified atom stereocenters. The van der Waals surface area contributed by atoms with Crippen LogP contribution in [0.5, 0.6) is 0 Å². The maximum Gasteiger partial charge on any atom is 0.268 e. The molecule has 98 valence electrons. The molecule has 0 aliphatic rings. The molecule has 0 heterocycles. The van der Waals surface area contributed by atoms with E-state index in [1.165, 1.54) is 0 Å². The Balaban J connectivity index is 2.15. The van der Waals surface area contributed by atoms with Crippen molar-refractivity contribution in [3.05, 3.63) is 69.7 Å². The number of benzene rings is 2. The molecule has 0 saturated heterocycles. The van der Waals surface area contributed by atoms with Gasteiger partial charge in [-0.05, 0) is 23.8 Å². The van der Waals surface area contributed by atoms with Crippen molar-refractivity contribution >= 4 is 29.1 Å². The van der Waals surface area contributed by atoms with Gasteiger partial charge < -0.3 is 0 Å². The second-order valence-electron chi connectivity index (χ2n) is 4.08. The highest BCUT2D eigenvalue weighted by atomic mass is 35.5. The fourth-order valence-corrected chi connectivity index (χ4v) is 2.22. The molecule has 3 nitrogen and oxygen atoms in total. The summed E-state index contributed by atoms with van der Waals surface area (Å²) in [6.45, 7) is 0.323. The van der Waals surface area contributed by atoms with Crippen molar-refractivity contribution in [2.45, 2.75) is 6.54 Å². The lowest BCUT2D eigenvalue weighted by atomic mass is 10.2. The molecule has 2 rings (SSSR count). The van der Waals surface area contributed by atoms with Gasteiger partial charge in [0.05, 0.1) is 6.54 Å². The van der Waals surface area contributed by atoms with Gasteiger partial charge in [0.15, 0.2) is 0 Å². The number of halogens is 2. The molecule has 2 N–H and O–H groups in total. The van der Waals surface area contributed by atoms with Crippen molar-refractivity contribution in [2.24, 2.45) is 5.84 Å². The summed E-state index contributed by atoms with van der Waals surface area (Å²) < 4.78 is 0. The largest absolute Gasteiger partial charge is 0.272 e. The van der Waals surface area contributed by atoms with Crippen molar-refractivity contribution in [3.63, 3.8) is 0 Å². The van der Waals surface area contributed by atoms with Crippen LogP contribution in [0.3, 0.4) is 0 Å². The van der Waals surface area contributed by atoms with E-state index < -0.39 is 0 Å². The van der Waals surface area contributed by atoms with Gasteiger partial charge in [-0.15, -0.1) is 0 Å². The molecule has 0 aliphatic carbocycles. The molecule has 0 spiro atoms. The summed E-state index contributed by atoms with van der Waals surface area (Å²) in [4.78, 5) is 12.1. The molecular weight excluding hydrogens is 283 g/mol. The van der Waals surface area contributed by atoms with Crippen LogP contribution in [0.15, 0.2) is 48.5 Å². The normalized spacial score (nSPS) is 10.3. The molecule has 0 fully saturated rings. The van der Waals surface area contributed by atoms with Gasteiger partial charge in [-0.25, -0.2) is 5.84 Å². The quantitative estimate of drug-likeness (QED) is 0.535. The van der Waals surface area contributed by atoms with Gasteiger partial charge in [-0.2, -0.15) is 0 Å². The first kappa shape index (κ1) is 13.9.